The molecule has 0 amide bonds. The van der Waals surface area contributed by atoms with Crippen molar-refractivity contribution in [2.24, 2.45) is 5.73 Å². The molecule has 0 heterocycles. The van der Waals surface area contributed by atoms with Crippen LogP contribution >= 0.6 is 0 Å². The molecule has 0 saturated carbocycles. The van der Waals surface area contributed by atoms with Gasteiger partial charge in [0.05, 0.1) is 19.3 Å². The molecule has 1 atom stereocenters. The lowest BCUT2D eigenvalue weighted by Gasteiger charge is -2.16. The summed E-state index contributed by atoms with van der Waals surface area (Å²) >= 11 is 0. The molecule has 4 heteroatoms. The van der Waals surface area contributed by atoms with Crippen LogP contribution in [-0.2, 0) is 9.47 Å². The average Bonchev–Trinajstić information content (AvgIpc) is 2.29. The quantitative estimate of drug-likeness (QED) is 0.723. The molecule has 0 aliphatic carbocycles. The monoisotopic (exact) mass is 227 g/mol. The molecular weight excluding hydrogens is 209 g/mol. The van der Waals surface area contributed by atoms with Crippen LogP contribution < -0.4 is 5.73 Å². The van der Waals surface area contributed by atoms with Crippen molar-refractivity contribution in [1.29, 1.82) is 0 Å². The molecule has 0 fully saturated rings. The van der Waals surface area contributed by atoms with Crippen molar-refractivity contribution in [1.82, 2.24) is 0 Å². The second-order valence-electron chi connectivity index (χ2n) is 3.35. The molecule has 1 rings (SSSR count). The maximum absolute atomic E-state index is 13.0. The summed E-state index contributed by atoms with van der Waals surface area (Å²) in [6.07, 6.45) is -0.267. The molecule has 1 unspecified atom stereocenters. The molecule has 3 nitrogen and oxygen atoms in total. The molecule has 0 radical (unpaired) electrons. The van der Waals surface area contributed by atoms with E-state index in [-0.39, 0.29) is 11.9 Å². The fraction of sp³-hybridized carbons (Fsp3) is 0.500. The van der Waals surface area contributed by atoms with Gasteiger partial charge in [-0.3, -0.25) is 0 Å². The van der Waals surface area contributed by atoms with Gasteiger partial charge in [-0.25, -0.2) is 4.39 Å². The molecule has 2 N–H and O–H groups in total. The second kappa shape index (κ2) is 7.33. The second-order valence-corrected chi connectivity index (χ2v) is 3.35. The number of rotatable bonds is 7. The molecule has 0 aromatic heterocycles. The SMILES string of the molecule is CCOCCOC(CN)c1cccc(F)c1. The zero-order chi connectivity index (χ0) is 11.8. The smallest absolute Gasteiger partial charge is 0.123 e. The highest BCUT2D eigenvalue weighted by molar-refractivity contribution is 5.19. The van der Waals surface area contributed by atoms with Crippen LogP contribution in [0.2, 0.25) is 0 Å². The molecule has 0 spiro atoms. The van der Waals surface area contributed by atoms with E-state index in [2.05, 4.69) is 0 Å². The maximum Gasteiger partial charge on any atom is 0.123 e. The third-order valence-corrected chi connectivity index (χ3v) is 2.19. The Bertz CT molecular complexity index is 307. The molecule has 16 heavy (non-hydrogen) atoms. The van der Waals surface area contributed by atoms with Gasteiger partial charge in [-0.05, 0) is 24.6 Å². The summed E-state index contributed by atoms with van der Waals surface area (Å²) in [4.78, 5) is 0. The predicted octanol–water partition coefficient (Wildman–Crippen LogP) is 1.88. The predicted molar refractivity (Wildman–Crippen MR) is 60.6 cm³/mol. The number of halogens is 1. The Balaban J connectivity index is 2.47. The lowest BCUT2D eigenvalue weighted by atomic mass is 10.1. The summed E-state index contributed by atoms with van der Waals surface area (Å²) in [6, 6.07) is 6.30. The van der Waals surface area contributed by atoms with E-state index in [0.29, 0.717) is 26.4 Å². The van der Waals surface area contributed by atoms with Crippen molar-refractivity contribution in [3.63, 3.8) is 0 Å². The fourth-order valence-corrected chi connectivity index (χ4v) is 1.40. The summed E-state index contributed by atoms with van der Waals surface area (Å²) in [7, 11) is 0. The van der Waals surface area contributed by atoms with Crippen LogP contribution in [0.15, 0.2) is 24.3 Å². The normalized spacial score (nSPS) is 12.7. The van der Waals surface area contributed by atoms with E-state index in [1.54, 1.807) is 12.1 Å². The highest BCUT2D eigenvalue weighted by atomic mass is 19.1. The average molecular weight is 227 g/mol. The van der Waals surface area contributed by atoms with Gasteiger partial charge < -0.3 is 15.2 Å². The van der Waals surface area contributed by atoms with Gasteiger partial charge in [-0.2, -0.15) is 0 Å². The molecule has 90 valence electrons. The number of nitrogens with two attached hydrogens (primary N) is 1. The highest BCUT2D eigenvalue weighted by Gasteiger charge is 2.10. The summed E-state index contributed by atoms with van der Waals surface area (Å²) < 4.78 is 23.7. The van der Waals surface area contributed by atoms with Crippen LogP contribution in [0.3, 0.4) is 0 Å². The van der Waals surface area contributed by atoms with Crippen LogP contribution in [0, 0.1) is 5.82 Å². The third kappa shape index (κ3) is 4.26. The number of hydrogen-bond acceptors (Lipinski definition) is 3. The van der Waals surface area contributed by atoms with E-state index >= 15 is 0 Å². The zero-order valence-corrected chi connectivity index (χ0v) is 9.49. The summed E-state index contributed by atoms with van der Waals surface area (Å²) in [5, 5.41) is 0. The molecule has 0 aliphatic rings. The Morgan fingerprint density at radius 3 is 2.81 bits per heavy atom. The number of hydrogen-bond donors (Lipinski definition) is 1. The Morgan fingerprint density at radius 1 is 1.38 bits per heavy atom. The van der Waals surface area contributed by atoms with Gasteiger partial charge in [0.15, 0.2) is 0 Å². The van der Waals surface area contributed by atoms with E-state index in [1.165, 1.54) is 12.1 Å². The van der Waals surface area contributed by atoms with Crippen molar-refractivity contribution < 1.29 is 13.9 Å². The minimum Gasteiger partial charge on any atom is -0.379 e. The minimum absolute atomic E-state index is 0.267. The lowest BCUT2D eigenvalue weighted by Crippen LogP contribution is -2.18. The van der Waals surface area contributed by atoms with Gasteiger partial charge in [0.1, 0.15) is 5.82 Å². The lowest BCUT2D eigenvalue weighted by molar-refractivity contribution is 0.0103. The zero-order valence-electron chi connectivity index (χ0n) is 9.49. The first-order valence-electron chi connectivity index (χ1n) is 5.42. The van der Waals surface area contributed by atoms with Crippen molar-refractivity contribution in [3.05, 3.63) is 35.6 Å². The van der Waals surface area contributed by atoms with Crippen molar-refractivity contribution >= 4 is 0 Å². The fourth-order valence-electron chi connectivity index (χ4n) is 1.40. The van der Waals surface area contributed by atoms with Gasteiger partial charge in [-0.1, -0.05) is 12.1 Å². The Morgan fingerprint density at radius 2 is 2.19 bits per heavy atom. The van der Waals surface area contributed by atoms with E-state index in [9.17, 15) is 4.39 Å². The van der Waals surface area contributed by atoms with E-state index < -0.39 is 0 Å². The first kappa shape index (κ1) is 13.1. The van der Waals surface area contributed by atoms with Crippen LogP contribution in [-0.4, -0.2) is 26.4 Å². The van der Waals surface area contributed by atoms with Crippen molar-refractivity contribution in [3.8, 4) is 0 Å². The van der Waals surface area contributed by atoms with Crippen LogP contribution in [0.1, 0.15) is 18.6 Å². The molecule has 0 saturated heterocycles. The molecular formula is C12H18FNO2. The number of benzene rings is 1. The van der Waals surface area contributed by atoms with Crippen LogP contribution in [0.5, 0.6) is 0 Å². The van der Waals surface area contributed by atoms with Crippen molar-refractivity contribution in [2.75, 3.05) is 26.4 Å². The Kier molecular flexibility index (Phi) is 6.00. The van der Waals surface area contributed by atoms with Gasteiger partial charge >= 0.3 is 0 Å². The first-order chi connectivity index (χ1) is 7.77. The van der Waals surface area contributed by atoms with E-state index in [1.807, 2.05) is 6.92 Å². The van der Waals surface area contributed by atoms with E-state index in [0.717, 1.165) is 5.56 Å². The van der Waals surface area contributed by atoms with Gasteiger partial charge in [-0.15, -0.1) is 0 Å². The Hall–Kier alpha value is -0.970. The first-order valence-corrected chi connectivity index (χ1v) is 5.42. The molecule has 1 aromatic rings. The molecule has 0 bridgehead atoms. The molecule has 1 aromatic carbocycles. The molecule has 0 aliphatic heterocycles. The maximum atomic E-state index is 13.0. The standard InChI is InChI=1S/C12H18FNO2/c1-2-15-6-7-16-12(9-14)10-4-3-5-11(13)8-10/h3-5,8,12H,2,6-7,9,14H2,1H3. The summed E-state index contributed by atoms with van der Waals surface area (Å²) in [6.45, 7) is 3.91. The van der Waals surface area contributed by atoms with E-state index in [4.69, 9.17) is 15.2 Å². The van der Waals surface area contributed by atoms with Gasteiger partial charge in [0.25, 0.3) is 0 Å². The largest absolute Gasteiger partial charge is 0.379 e. The summed E-state index contributed by atoms with van der Waals surface area (Å²) in [5.74, 6) is -0.274. The number of ether oxygens (including phenoxy) is 2. The van der Waals surface area contributed by atoms with Crippen molar-refractivity contribution in [2.45, 2.75) is 13.0 Å². The van der Waals surface area contributed by atoms with Gasteiger partial charge in [0.2, 0.25) is 0 Å². The topological polar surface area (TPSA) is 44.5 Å². The van der Waals surface area contributed by atoms with Crippen LogP contribution in [0.25, 0.3) is 0 Å². The Labute approximate surface area is 95.4 Å². The van der Waals surface area contributed by atoms with Gasteiger partial charge in [0, 0.05) is 13.2 Å². The summed E-state index contributed by atoms with van der Waals surface area (Å²) in [5.41, 5.74) is 6.34. The van der Waals surface area contributed by atoms with Crippen LogP contribution in [0.4, 0.5) is 4.39 Å². The third-order valence-electron chi connectivity index (χ3n) is 2.19. The minimum atomic E-state index is -0.274. The highest BCUT2D eigenvalue weighted by Crippen LogP contribution is 2.16.